The van der Waals surface area contributed by atoms with Crippen molar-refractivity contribution in [3.05, 3.63) is 101 Å². The summed E-state index contributed by atoms with van der Waals surface area (Å²) in [7, 11) is 0. The van der Waals surface area contributed by atoms with Gasteiger partial charge in [0.05, 0.1) is 31.1 Å². The smallest absolute Gasteiger partial charge is 0.337 e. The number of anilines is 2. The molecule has 0 unspecified atom stereocenters. The average Bonchev–Trinajstić information content (AvgIpc) is 2.80. The van der Waals surface area contributed by atoms with Gasteiger partial charge in [-0.1, -0.05) is 65.7 Å². The van der Waals surface area contributed by atoms with Crippen LogP contribution in [0.25, 0.3) is 5.70 Å². The molecule has 0 saturated carbocycles. The average molecular weight is 413 g/mol. The molecule has 3 aromatic rings. The van der Waals surface area contributed by atoms with E-state index in [-0.39, 0.29) is 5.97 Å². The van der Waals surface area contributed by atoms with Crippen LogP contribution in [-0.2, 0) is 9.53 Å². The maximum Gasteiger partial charge on any atom is 0.337 e. The standard InChI is InChI=1S/C27H28N2O2/c1-4-31-27(30)25-18-28(23-14-10-20(2)11-15-23)19-29(24-16-12-21(3)13-17-24)26(25)22-8-6-5-7-9-22/h5-17H,4,18-19H2,1-3H3. The van der Waals surface area contributed by atoms with Crippen molar-refractivity contribution in [2.75, 3.05) is 29.6 Å². The van der Waals surface area contributed by atoms with E-state index in [1.165, 1.54) is 11.1 Å². The number of esters is 1. The Labute approximate surface area is 184 Å². The monoisotopic (exact) mass is 412 g/mol. The van der Waals surface area contributed by atoms with Gasteiger partial charge in [0.1, 0.15) is 0 Å². The van der Waals surface area contributed by atoms with E-state index >= 15 is 0 Å². The van der Waals surface area contributed by atoms with Gasteiger partial charge in [0, 0.05) is 11.4 Å². The van der Waals surface area contributed by atoms with Gasteiger partial charge in [-0.15, -0.1) is 0 Å². The third kappa shape index (κ3) is 4.48. The zero-order chi connectivity index (χ0) is 21.8. The molecular formula is C27H28N2O2. The molecule has 0 atom stereocenters. The van der Waals surface area contributed by atoms with Crippen molar-refractivity contribution in [2.45, 2.75) is 20.8 Å². The molecule has 1 aliphatic rings. The molecule has 1 heterocycles. The number of ether oxygens (including phenoxy) is 1. The van der Waals surface area contributed by atoms with Crippen LogP contribution in [0.2, 0.25) is 0 Å². The quantitative estimate of drug-likeness (QED) is 0.514. The Morgan fingerprint density at radius 1 is 0.839 bits per heavy atom. The summed E-state index contributed by atoms with van der Waals surface area (Å²) in [6.45, 7) is 7.48. The van der Waals surface area contributed by atoms with E-state index < -0.39 is 0 Å². The molecule has 0 aromatic heterocycles. The number of nitrogens with zero attached hydrogens (tertiary/aromatic N) is 2. The molecule has 0 aliphatic carbocycles. The van der Waals surface area contributed by atoms with Crippen molar-refractivity contribution in [1.29, 1.82) is 0 Å². The van der Waals surface area contributed by atoms with Crippen LogP contribution in [0.15, 0.2) is 84.4 Å². The van der Waals surface area contributed by atoms with Crippen molar-refractivity contribution in [3.63, 3.8) is 0 Å². The highest BCUT2D eigenvalue weighted by atomic mass is 16.5. The molecule has 4 nitrogen and oxygen atoms in total. The maximum atomic E-state index is 13.1. The lowest BCUT2D eigenvalue weighted by molar-refractivity contribution is -0.138. The topological polar surface area (TPSA) is 32.8 Å². The number of aryl methyl sites for hydroxylation is 2. The minimum atomic E-state index is -0.268. The van der Waals surface area contributed by atoms with Gasteiger partial charge in [0.25, 0.3) is 0 Å². The lowest BCUT2D eigenvalue weighted by Crippen LogP contribution is -2.45. The molecule has 31 heavy (non-hydrogen) atoms. The summed E-state index contributed by atoms with van der Waals surface area (Å²) in [4.78, 5) is 17.5. The molecule has 0 radical (unpaired) electrons. The summed E-state index contributed by atoms with van der Waals surface area (Å²) in [6, 6.07) is 27.0. The highest BCUT2D eigenvalue weighted by Crippen LogP contribution is 2.35. The second-order valence-electron chi connectivity index (χ2n) is 7.85. The Bertz CT molecular complexity index is 1070. The normalized spacial score (nSPS) is 14.0. The lowest BCUT2D eigenvalue weighted by atomic mass is 10.0. The predicted octanol–water partition coefficient (Wildman–Crippen LogP) is 5.56. The van der Waals surface area contributed by atoms with Gasteiger partial charge < -0.3 is 14.5 Å². The highest BCUT2D eigenvalue weighted by Gasteiger charge is 2.31. The second-order valence-corrected chi connectivity index (χ2v) is 7.85. The van der Waals surface area contributed by atoms with Crippen LogP contribution in [0.1, 0.15) is 23.6 Å². The van der Waals surface area contributed by atoms with E-state index in [1.807, 2.05) is 25.1 Å². The van der Waals surface area contributed by atoms with Gasteiger partial charge in [-0.25, -0.2) is 4.79 Å². The SMILES string of the molecule is CCOC(=O)C1=C(c2ccccc2)N(c2ccc(C)cc2)CN(c2ccc(C)cc2)C1. The summed E-state index contributed by atoms with van der Waals surface area (Å²) in [5.74, 6) is -0.268. The number of carbonyl (C=O) groups excluding carboxylic acids is 1. The number of carbonyl (C=O) groups is 1. The summed E-state index contributed by atoms with van der Waals surface area (Å²) < 4.78 is 5.49. The second kappa shape index (κ2) is 9.09. The van der Waals surface area contributed by atoms with Gasteiger partial charge in [-0.3, -0.25) is 0 Å². The summed E-state index contributed by atoms with van der Waals surface area (Å²) in [5, 5.41) is 0. The zero-order valence-corrected chi connectivity index (χ0v) is 18.3. The Hall–Kier alpha value is -3.53. The number of benzene rings is 3. The van der Waals surface area contributed by atoms with Gasteiger partial charge in [0.2, 0.25) is 0 Å². The van der Waals surface area contributed by atoms with E-state index in [9.17, 15) is 4.79 Å². The predicted molar refractivity (Wildman–Crippen MR) is 127 cm³/mol. The molecule has 3 aromatic carbocycles. The van der Waals surface area contributed by atoms with Crippen LogP contribution in [0.4, 0.5) is 11.4 Å². The van der Waals surface area contributed by atoms with Crippen LogP contribution in [0.5, 0.6) is 0 Å². The molecule has 158 valence electrons. The Morgan fingerprint density at radius 3 is 2.00 bits per heavy atom. The maximum absolute atomic E-state index is 13.1. The summed E-state index contributed by atoms with van der Waals surface area (Å²) in [5.41, 5.74) is 7.12. The molecule has 0 bridgehead atoms. The van der Waals surface area contributed by atoms with Crippen LogP contribution in [0, 0.1) is 13.8 Å². The summed E-state index contributed by atoms with van der Waals surface area (Å²) in [6.07, 6.45) is 0. The van der Waals surface area contributed by atoms with Gasteiger partial charge in [0.15, 0.2) is 0 Å². The van der Waals surface area contributed by atoms with Crippen LogP contribution in [-0.4, -0.2) is 25.8 Å². The number of hydrogen-bond donors (Lipinski definition) is 0. The fraction of sp³-hybridized carbons (Fsp3) is 0.222. The molecule has 0 spiro atoms. The first-order valence-corrected chi connectivity index (χ1v) is 10.7. The first-order chi connectivity index (χ1) is 15.1. The molecule has 0 fully saturated rings. The van der Waals surface area contributed by atoms with Crippen LogP contribution >= 0.6 is 0 Å². The molecule has 0 amide bonds. The van der Waals surface area contributed by atoms with Crippen molar-refractivity contribution in [1.82, 2.24) is 0 Å². The molecule has 4 rings (SSSR count). The number of hydrogen-bond acceptors (Lipinski definition) is 4. The first-order valence-electron chi connectivity index (χ1n) is 10.7. The fourth-order valence-corrected chi connectivity index (χ4v) is 3.89. The van der Waals surface area contributed by atoms with E-state index in [0.29, 0.717) is 25.4 Å². The molecular weight excluding hydrogens is 384 g/mol. The van der Waals surface area contributed by atoms with E-state index in [0.717, 1.165) is 22.6 Å². The van der Waals surface area contributed by atoms with E-state index in [2.05, 4.69) is 84.3 Å². The Kier molecular flexibility index (Phi) is 6.08. The molecule has 4 heteroatoms. The molecule has 0 saturated heterocycles. The van der Waals surface area contributed by atoms with Crippen LogP contribution in [0.3, 0.4) is 0 Å². The Balaban J connectivity index is 1.88. The van der Waals surface area contributed by atoms with Crippen molar-refractivity contribution in [3.8, 4) is 0 Å². The highest BCUT2D eigenvalue weighted by molar-refractivity contribution is 6.03. The zero-order valence-electron chi connectivity index (χ0n) is 18.3. The third-order valence-corrected chi connectivity index (χ3v) is 5.53. The Morgan fingerprint density at radius 2 is 1.42 bits per heavy atom. The van der Waals surface area contributed by atoms with Crippen LogP contribution < -0.4 is 9.80 Å². The largest absolute Gasteiger partial charge is 0.463 e. The molecule has 1 aliphatic heterocycles. The number of rotatable bonds is 5. The minimum Gasteiger partial charge on any atom is -0.463 e. The minimum absolute atomic E-state index is 0.268. The van der Waals surface area contributed by atoms with Crippen molar-refractivity contribution < 1.29 is 9.53 Å². The van der Waals surface area contributed by atoms with Gasteiger partial charge in [-0.05, 0) is 50.6 Å². The molecule has 0 N–H and O–H groups in total. The first kappa shape index (κ1) is 20.7. The summed E-state index contributed by atoms with van der Waals surface area (Å²) >= 11 is 0. The van der Waals surface area contributed by atoms with Crippen molar-refractivity contribution in [2.24, 2.45) is 0 Å². The van der Waals surface area contributed by atoms with E-state index in [1.54, 1.807) is 0 Å². The van der Waals surface area contributed by atoms with Gasteiger partial charge >= 0.3 is 5.97 Å². The lowest BCUT2D eigenvalue weighted by Gasteiger charge is -2.41. The fourth-order valence-electron chi connectivity index (χ4n) is 3.89. The van der Waals surface area contributed by atoms with Gasteiger partial charge in [-0.2, -0.15) is 0 Å². The van der Waals surface area contributed by atoms with Crippen molar-refractivity contribution >= 4 is 23.0 Å². The third-order valence-electron chi connectivity index (χ3n) is 5.53. The van der Waals surface area contributed by atoms with E-state index in [4.69, 9.17) is 4.74 Å².